The summed E-state index contributed by atoms with van der Waals surface area (Å²) in [4.78, 5) is 5.10. The number of piperazine rings is 1. The number of furan rings is 1. The van der Waals surface area contributed by atoms with Crippen molar-refractivity contribution in [3.8, 4) is 0 Å². The average Bonchev–Trinajstić information content (AvgIpc) is 3.12. The van der Waals surface area contributed by atoms with Crippen molar-refractivity contribution >= 4 is 5.69 Å². The third kappa shape index (κ3) is 5.11. The fourth-order valence-corrected chi connectivity index (χ4v) is 3.26. The normalized spacial score (nSPS) is 15.8. The Labute approximate surface area is 145 Å². The molecule has 1 fully saturated rings. The van der Waals surface area contributed by atoms with Crippen molar-refractivity contribution in [2.24, 2.45) is 0 Å². The minimum Gasteiger partial charge on any atom is -0.468 e. The van der Waals surface area contributed by atoms with Crippen molar-refractivity contribution in [1.29, 1.82) is 0 Å². The molecule has 2 heterocycles. The van der Waals surface area contributed by atoms with Gasteiger partial charge in [-0.2, -0.15) is 0 Å². The minimum absolute atomic E-state index is 0.835. The molecule has 0 bridgehead atoms. The third-order valence-corrected chi connectivity index (χ3v) is 4.70. The number of hydrogen-bond donors (Lipinski definition) is 1. The molecule has 0 unspecified atom stereocenters. The Morgan fingerprint density at radius 3 is 2.67 bits per heavy atom. The van der Waals surface area contributed by atoms with E-state index in [-0.39, 0.29) is 0 Å². The van der Waals surface area contributed by atoms with E-state index in [1.807, 2.05) is 12.1 Å². The molecule has 0 spiro atoms. The molecule has 1 aliphatic heterocycles. The summed E-state index contributed by atoms with van der Waals surface area (Å²) in [7, 11) is 0. The van der Waals surface area contributed by atoms with Gasteiger partial charge in [-0.05, 0) is 62.7 Å². The van der Waals surface area contributed by atoms with Gasteiger partial charge < -0.3 is 14.6 Å². The number of hydrogen-bond acceptors (Lipinski definition) is 4. The zero-order valence-corrected chi connectivity index (χ0v) is 14.7. The van der Waals surface area contributed by atoms with E-state index in [1.54, 1.807) is 6.26 Å². The van der Waals surface area contributed by atoms with Crippen LogP contribution in [0.4, 0.5) is 5.69 Å². The van der Waals surface area contributed by atoms with Gasteiger partial charge in [0, 0.05) is 31.9 Å². The zero-order valence-electron chi connectivity index (χ0n) is 14.7. The lowest BCUT2D eigenvalue weighted by molar-refractivity contribution is 0.252. The number of anilines is 1. The van der Waals surface area contributed by atoms with Crippen LogP contribution in [0.1, 0.15) is 24.2 Å². The monoisotopic (exact) mass is 327 g/mol. The molecular formula is C20H29N3O. The maximum Gasteiger partial charge on any atom is 0.117 e. The van der Waals surface area contributed by atoms with Gasteiger partial charge >= 0.3 is 0 Å². The Morgan fingerprint density at radius 1 is 1.04 bits per heavy atom. The fraction of sp³-hybridized carbons (Fsp3) is 0.500. The first-order valence-electron chi connectivity index (χ1n) is 9.08. The molecule has 1 saturated heterocycles. The van der Waals surface area contributed by atoms with E-state index < -0.39 is 0 Å². The van der Waals surface area contributed by atoms with Crippen LogP contribution in [0, 0.1) is 6.92 Å². The van der Waals surface area contributed by atoms with Gasteiger partial charge in [-0.1, -0.05) is 12.1 Å². The van der Waals surface area contributed by atoms with Gasteiger partial charge in [0.2, 0.25) is 0 Å². The standard InChI is InChI=1S/C20H29N3O/c1-18-6-4-7-19(16-18)23-13-11-22(12-14-23)10-3-2-9-21-17-20-8-5-15-24-20/h4-8,15-16,21H,2-3,9-14,17H2,1H3. The van der Waals surface area contributed by atoms with Gasteiger partial charge in [0.15, 0.2) is 0 Å². The predicted octanol–water partition coefficient (Wildman–Crippen LogP) is 3.28. The molecule has 0 radical (unpaired) electrons. The number of nitrogens with one attached hydrogen (secondary N) is 1. The van der Waals surface area contributed by atoms with Crippen LogP contribution in [-0.4, -0.2) is 44.2 Å². The predicted molar refractivity (Wildman–Crippen MR) is 99.5 cm³/mol. The van der Waals surface area contributed by atoms with Crippen LogP contribution in [0.2, 0.25) is 0 Å². The summed E-state index contributed by atoms with van der Waals surface area (Å²) in [5.74, 6) is 1.02. The van der Waals surface area contributed by atoms with Crippen LogP contribution >= 0.6 is 0 Å². The molecule has 4 nitrogen and oxygen atoms in total. The Hall–Kier alpha value is -1.78. The quantitative estimate of drug-likeness (QED) is 0.754. The third-order valence-electron chi connectivity index (χ3n) is 4.70. The average molecular weight is 327 g/mol. The number of nitrogens with zero attached hydrogens (tertiary/aromatic N) is 2. The van der Waals surface area contributed by atoms with E-state index in [0.29, 0.717) is 0 Å². The summed E-state index contributed by atoms with van der Waals surface area (Å²) < 4.78 is 5.31. The van der Waals surface area contributed by atoms with Crippen molar-refractivity contribution < 1.29 is 4.42 Å². The molecule has 2 aromatic rings. The molecule has 130 valence electrons. The van der Waals surface area contributed by atoms with Crippen LogP contribution in [0.5, 0.6) is 0 Å². The van der Waals surface area contributed by atoms with E-state index in [4.69, 9.17) is 4.42 Å². The Balaban J connectivity index is 1.27. The van der Waals surface area contributed by atoms with Crippen molar-refractivity contribution in [1.82, 2.24) is 10.2 Å². The molecule has 1 aromatic carbocycles. The highest BCUT2D eigenvalue weighted by atomic mass is 16.3. The van der Waals surface area contributed by atoms with Crippen LogP contribution in [0.15, 0.2) is 47.1 Å². The van der Waals surface area contributed by atoms with E-state index >= 15 is 0 Å². The van der Waals surface area contributed by atoms with E-state index in [0.717, 1.165) is 31.9 Å². The van der Waals surface area contributed by atoms with Crippen LogP contribution in [0.25, 0.3) is 0 Å². The summed E-state index contributed by atoms with van der Waals surface area (Å²) in [6.07, 6.45) is 4.21. The van der Waals surface area contributed by atoms with Gasteiger partial charge in [-0.25, -0.2) is 0 Å². The summed E-state index contributed by atoms with van der Waals surface area (Å²) in [6.45, 7) is 9.90. The number of rotatable bonds is 8. The zero-order chi connectivity index (χ0) is 16.6. The van der Waals surface area contributed by atoms with Crippen molar-refractivity contribution in [3.63, 3.8) is 0 Å². The lowest BCUT2D eigenvalue weighted by atomic mass is 10.2. The lowest BCUT2D eigenvalue weighted by Crippen LogP contribution is -2.46. The molecule has 0 saturated carbocycles. The second kappa shape index (κ2) is 8.90. The van der Waals surface area contributed by atoms with Crippen molar-refractivity contribution in [3.05, 3.63) is 54.0 Å². The van der Waals surface area contributed by atoms with Crippen LogP contribution in [0.3, 0.4) is 0 Å². The molecule has 24 heavy (non-hydrogen) atoms. The van der Waals surface area contributed by atoms with Gasteiger partial charge in [0.1, 0.15) is 5.76 Å². The molecule has 4 heteroatoms. The molecule has 3 rings (SSSR count). The number of aryl methyl sites for hydroxylation is 1. The molecule has 1 aromatic heterocycles. The minimum atomic E-state index is 0.835. The van der Waals surface area contributed by atoms with Gasteiger partial charge in [0.05, 0.1) is 12.8 Å². The molecule has 0 atom stereocenters. The fourth-order valence-electron chi connectivity index (χ4n) is 3.26. The summed E-state index contributed by atoms with van der Waals surface area (Å²) in [6, 6.07) is 12.8. The topological polar surface area (TPSA) is 31.6 Å². The lowest BCUT2D eigenvalue weighted by Gasteiger charge is -2.36. The maximum absolute atomic E-state index is 5.31. The highest BCUT2D eigenvalue weighted by molar-refractivity contribution is 5.48. The highest BCUT2D eigenvalue weighted by Crippen LogP contribution is 2.17. The van der Waals surface area contributed by atoms with Crippen molar-refractivity contribution in [2.75, 3.05) is 44.2 Å². The van der Waals surface area contributed by atoms with Crippen molar-refractivity contribution in [2.45, 2.75) is 26.3 Å². The van der Waals surface area contributed by atoms with E-state index in [1.165, 1.54) is 43.7 Å². The highest BCUT2D eigenvalue weighted by Gasteiger charge is 2.16. The first kappa shape index (κ1) is 17.1. The van der Waals surface area contributed by atoms with Crippen LogP contribution < -0.4 is 10.2 Å². The van der Waals surface area contributed by atoms with E-state index in [2.05, 4.69) is 46.3 Å². The second-order valence-electron chi connectivity index (χ2n) is 6.63. The largest absolute Gasteiger partial charge is 0.468 e. The number of unbranched alkanes of at least 4 members (excludes halogenated alkanes) is 1. The Bertz CT molecular complexity index is 589. The summed E-state index contributed by atoms with van der Waals surface area (Å²) >= 11 is 0. The molecular weight excluding hydrogens is 298 g/mol. The molecule has 0 amide bonds. The first-order chi connectivity index (χ1) is 11.8. The molecule has 1 aliphatic rings. The molecule has 0 aliphatic carbocycles. The SMILES string of the molecule is Cc1cccc(N2CCN(CCCCNCc3ccco3)CC2)c1. The summed E-state index contributed by atoms with van der Waals surface area (Å²) in [5.41, 5.74) is 2.72. The summed E-state index contributed by atoms with van der Waals surface area (Å²) in [5, 5.41) is 3.44. The van der Waals surface area contributed by atoms with Gasteiger partial charge in [0.25, 0.3) is 0 Å². The first-order valence-corrected chi connectivity index (χ1v) is 9.08. The van der Waals surface area contributed by atoms with Gasteiger partial charge in [-0.15, -0.1) is 0 Å². The van der Waals surface area contributed by atoms with E-state index in [9.17, 15) is 0 Å². The van der Waals surface area contributed by atoms with Crippen LogP contribution in [-0.2, 0) is 6.54 Å². The maximum atomic E-state index is 5.31. The van der Waals surface area contributed by atoms with Gasteiger partial charge in [-0.3, -0.25) is 4.90 Å². The smallest absolute Gasteiger partial charge is 0.117 e. The second-order valence-corrected chi connectivity index (χ2v) is 6.63. The number of benzene rings is 1. The Kier molecular flexibility index (Phi) is 6.33. The Morgan fingerprint density at radius 2 is 1.92 bits per heavy atom. The molecule has 1 N–H and O–H groups in total.